The van der Waals surface area contributed by atoms with Gasteiger partial charge in [0.1, 0.15) is 6.20 Å². The largest absolute Gasteiger partial charge is 0.389 e. The van der Waals surface area contributed by atoms with Crippen LogP contribution in [-0.4, -0.2) is 26.4 Å². The van der Waals surface area contributed by atoms with Crippen LogP contribution < -0.4 is 0 Å². The molecule has 6 nitrogen and oxygen atoms in total. The van der Waals surface area contributed by atoms with E-state index >= 15 is 0 Å². The molecule has 0 fully saturated rings. The highest BCUT2D eigenvalue weighted by molar-refractivity contribution is 5.78. The molecule has 1 heterocycles. The summed E-state index contributed by atoms with van der Waals surface area (Å²) in [6.45, 7) is -0.350. The lowest BCUT2D eigenvalue weighted by Crippen LogP contribution is -2.14. The van der Waals surface area contributed by atoms with E-state index in [1.165, 1.54) is 0 Å². The summed E-state index contributed by atoms with van der Waals surface area (Å²) in [5.41, 5.74) is 0. The summed E-state index contributed by atoms with van der Waals surface area (Å²) in [5.74, 6) is -1.11. The van der Waals surface area contributed by atoms with Gasteiger partial charge in [-0.1, -0.05) is 0 Å². The van der Waals surface area contributed by atoms with Crippen LogP contribution in [0.1, 0.15) is 12.8 Å². The Balaban J connectivity index is 2.48. The first-order valence-corrected chi connectivity index (χ1v) is 4.52. The predicted octanol–water partition coefficient (Wildman–Crippen LogP) is 1.70. The Hall–Kier alpha value is -1.93. The Morgan fingerprint density at radius 3 is 2.65 bits per heavy atom. The van der Waals surface area contributed by atoms with Crippen LogP contribution in [0.2, 0.25) is 0 Å². The Kier molecular flexibility index (Phi) is 3.81. The van der Waals surface area contributed by atoms with Crippen molar-refractivity contribution in [2.24, 2.45) is 0 Å². The summed E-state index contributed by atoms with van der Waals surface area (Å²) in [6, 6.07) is 0. The van der Waals surface area contributed by atoms with Crippen molar-refractivity contribution >= 4 is 11.6 Å². The van der Waals surface area contributed by atoms with Gasteiger partial charge in [-0.15, -0.1) is 0 Å². The Labute approximate surface area is 93.2 Å². The molecule has 0 bridgehead atoms. The van der Waals surface area contributed by atoms with Crippen molar-refractivity contribution in [3.8, 4) is 0 Å². The fourth-order valence-corrected chi connectivity index (χ4v) is 1.09. The van der Waals surface area contributed by atoms with E-state index in [9.17, 15) is 28.1 Å². The lowest BCUT2D eigenvalue weighted by molar-refractivity contribution is -0.389. The van der Waals surface area contributed by atoms with E-state index in [4.69, 9.17) is 0 Å². The third-order valence-electron chi connectivity index (χ3n) is 1.85. The second-order valence-corrected chi connectivity index (χ2v) is 3.32. The maximum absolute atomic E-state index is 11.8. The summed E-state index contributed by atoms with van der Waals surface area (Å²) in [4.78, 5) is 24.0. The van der Waals surface area contributed by atoms with E-state index in [1.807, 2.05) is 0 Å². The van der Waals surface area contributed by atoms with Gasteiger partial charge in [-0.05, 0) is 9.91 Å². The minimum atomic E-state index is -4.38. The summed E-state index contributed by atoms with van der Waals surface area (Å²) >= 11 is 0. The van der Waals surface area contributed by atoms with E-state index in [1.54, 1.807) is 0 Å². The van der Waals surface area contributed by atoms with Gasteiger partial charge in [0.2, 0.25) is 6.33 Å². The van der Waals surface area contributed by atoms with Crippen LogP contribution in [0.25, 0.3) is 0 Å². The summed E-state index contributed by atoms with van der Waals surface area (Å²) < 4.78 is 36.5. The Morgan fingerprint density at radius 1 is 1.53 bits per heavy atom. The highest BCUT2D eigenvalue weighted by Crippen LogP contribution is 2.21. The molecule has 0 spiro atoms. The third kappa shape index (κ3) is 4.62. The van der Waals surface area contributed by atoms with Crippen LogP contribution in [0.15, 0.2) is 12.5 Å². The predicted molar refractivity (Wildman–Crippen MR) is 49.2 cm³/mol. The second kappa shape index (κ2) is 4.93. The van der Waals surface area contributed by atoms with Gasteiger partial charge in [0.15, 0.2) is 5.78 Å². The molecule has 1 rings (SSSR count). The quantitative estimate of drug-likeness (QED) is 0.589. The molecule has 0 aliphatic rings. The normalized spacial score (nSPS) is 11.5. The molecular formula is C8H8F3N3O3. The molecule has 0 N–H and O–H groups in total. The van der Waals surface area contributed by atoms with Crippen LogP contribution in [0.4, 0.5) is 19.0 Å². The minimum absolute atomic E-state index is 0.350. The van der Waals surface area contributed by atoms with Gasteiger partial charge in [0.05, 0.1) is 13.0 Å². The number of carbonyl (C=O) groups is 1. The first-order valence-electron chi connectivity index (χ1n) is 4.52. The number of halogens is 3. The van der Waals surface area contributed by atoms with Crippen LogP contribution in [0.3, 0.4) is 0 Å². The molecule has 0 saturated carbocycles. The van der Waals surface area contributed by atoms with Crippen molar-refractivity contribution in [2.45, 2.75) is 25.6 Å². The number of hydrogen-bond acceptors (Lipinski definition) is 4. The molecule has 0 saturated heterocycles. The van der Waals surface area contributed by atoms with Crippen molar-refractivity contribution in [2.75, 3.05) is 0 Å². The summed E-state index contributed by atoms with van der Waals surface area (Å²) in [5, 5.41) is 10.3. The van der Waals surface area contributed by atoms with E-state index in [2.05, 4.69) is 4.98 Å². The van der Waals surface area contributed by atoms with Gasteiger partial charge in [-0.3, -0.25) is 4.79 Å². The lowest BCUT2D eigenvalue weighted by Gasteiger charge is -2.04. The molecule has 1 aromatic heterocycles. The van der Waals surface area contributed by atoms with Crippen LogP contribution in [0.5, 0.6) is 0 Å². The van der Waals surface area contributed by atoms with E-state index in [0.29, 0.717) is 0 Å². The topological polar surface area (TPSA) is 78.0 Å². The van der Waals surface area contributed by atoms with E-state index < -0.39 is 35.5 Å². The molecule has 94 valence electrons. The Bertz CT molecular complexity index is 427. The number of nitrogens with zero attached hydrogens (tertiary/aromatic N) is 3. The molecule has 0 aromatic carbocycles. The maximum Gasteiger partial charge on any atom is 0.389 e. The van der Waals surface area contributed by atoms with E-state index in [-0.39, 0.29) is 6.54 Å². The number of carbonyl (C=O) groups excluding carboxylic acids is 1. The van der Waals surface area contributed by atoms with Crippen LogP contribution in [-0.2, 0) is 11.3 Å². The van der Waals surface area contributed by atoms with Crippen molar-refractivity contribution in [3.05, 3.63) is 22.6 Å². The average molecular weight is 251 g/mol. The zero-order valence-electron chi connectivity index (χ0n) is 8.48. The molecule has 0 atom stereocenters. The number of imidazole rings is 1. The standard InChI is InChI=1S/C8H8F3N3O3/c9-8(10,11)2-1-6(15)3-13-4-7(12-5-13)14(16)17/h4-5H,1-3H2. The van der Waals surface area contributed by atoms with Gasteiger partial charge in [0.25, 0.3) is 0 Å². The van der Waals surface area contributed by atoms with Crippen LogP contribution in [0, 0.1) is 10.1 Å². The SMILES string of the molecule is O=C(CCC(F)(F)F)Cn1cnc([N+](=O)[O-])c1. The molecule has 0 unspecified atom stereocenters. The number of rotatable bonds is 5. The zero-order valence-corrected chi connectivity index (χ0v) is 8.48. The number of aromatic nitrogens is 2. The summed E-state index contributed by atoms with van der Waals surface area (Å²) in [7, 11) is 0. The molecule has 0 aliphatic heterocycles. The van der Waals surface area contributed by atoms with Gasteiger partial charge >= 0.3 is 12.0 Å². The monoisotopic (exact) mass is 251 g/mol. The molecular weight excluding hydrogens is 243 g/mol. The molecule has 1 aromatic rings. The number of hydrogen-bond donors (Lipinski definition) is 0. The molecule has 17 heavy (non-hydrogen) atoms. The highest BCUT2D eigenvalue weighted by Gasteiger charge is 2.27. The van der Waals surface area contributed by atoms with Gasteiger partial charge in [-0.25, -0.2) is 0 Å². The average Bonchev–Trinajstić information content (AvgIpc) is 2.62. The van der Waals surface area contributed by atoms with Crippen molar-refractivity contribution < 1.29 is 22.9 Å². The number of ketones is 1. The van der Waals surface area contributed by atoms with E-state index in [0.717, 1.165) is 17.1 Å². The van der Waals surface area contributed by atoms with Gasteiger partial charge < -0.3 is 14.7 Å². The maximum atomic E-state index is 11.8. The minimum Gasteiger partial charge on any atom is -0.358 e. The molecule has 0 radical (unpaired) electrons. The van der Waals surface area contributed by atoms with Crippen LogP contribution >= 0.6 is 0 Å². The smallest absolute Gasteiger partial charge is 0.358 e. The lowest BCUT2D eigenvalue weighted by atomic mass is 10.2. The molecule has 0 amide bonds. The number of nitro groups is 1. The molecule has 9 heteroatoms. The fraction of sp³-hybridized carbons (Fsp3) is 0.500. The highest BCUT2D eigenvalue weighted by atomic mass is 19.4. The number of alkyl halides is 3. The zero-order chi connectivity index (χ0) is 13.1. The number of Topliss-reactive ketones (excluding diaryl/α,β-unsaturated/α-hetero) is 1. The third-order valence-corrected chi connectivity index (χ3v) is 1.85. The van der Waals surface area contributed by atoms with Crippen molar-refractivity contribution in [1.82, 2.24) is 9.55 Å². The van der Waals surface area contributed by atoms with Crippen molar-refractivity contribution in [3.63, 3.8) is 0 Å². The first kappa shape index (κ1) is 13.1. The second-order valence-electron chi connectivity index (χ2n) is 3.32. The first-order chi connectivity index (χ1) is 7.78. The Morgan fingerprint density at radius 2 is 2.18 bits per heavy atom. The fourth-order valence-electron chi connectivity index (χ4n) is 1.09. The van der Waals surface area contributed by atoms with Gasteiger partial charge in [-0.2, -0.15) is 13.2 Å². The molecule has 0 aliphatic carbocycles. The van der Waals surface area contributed by atoms with Gasteiger partial charge in [0, 0.05) is 6.42 Å². The summed E-state index contributed by atoms with van der Waals surface area (Å²) in [6.07, 6.45) is -4.19. The van der Waals surface area contributed by atoms with Crippen molar-refractivity contribution in [1.29, 1.82) is 0 Å².